The van der Waals surface area contributed by atoms with E-state index in [-0.39, 0.29) is 0 Å². The molecule has 1 heterocycles. The molecule has 0 aromatic heterocycles. The summed E-state index contributed by atoms with van der Waals surface area (Å²) in [5.41, 5.74) is -1.09. The minimum absolute atomic E-state index is 0.464. The van der Waals surface area contributed by atoms with E-state index in [9.17, 15) is 24.3 Å². The SMILES string of the molecule is CC(=O)OC[C@H]1OC(O)(c2cccc(C#N)c2F)[C@H](OC(C)=O)[C@@H](OC(C)=O)[C@@H]1OC(C)=O. The number of rotatable bonds is 6. The molecule has 11 nitrogen and oxygen atoms in total. The van der Waals surface area contributed by atoms with E-state index in [1.54, 1.807) is 6.07 Å². The Labute approximate surface area is 187 Å². The van der Waals surface area contributed by atoms with Crippen LogP contribution in [0.1, 0.15) is 38.8 Å². The zero-order chi connectivity index (χ0) is 24.9. The van der Waals surface area contributed by atoms with Crippen LogP contribution in [0, 0.1) is 17.1 Å². The summed E-state index contributed by atoms with van der Waals surface area (Å²) in [5.74, 6) is -7.55. The van der Waals surface area contributed by atoms with Gasteiger partial charge in [0.25, 0.3) is 0 Å². The van der Waals surface area contributed by atoms with Crippen molar-refractivity contribution in [2.75, 3.05) is 6.61 Å². The van der Waals surface area contributed by atoms with Gasteiger partial charge in [-0.05, 0) is 6.07 Å². The minimum atomic E-state index is -2.84. The molecular weight excluding hydrogens is 445 g/mol. The molecule has 1 fully saturated rings. The summed E-state index contributed by atoms with van der Waals surface area (Å²) in [6.07, 6.45) is -6.68. The van der Waals surface area contributed by atoms with Gasteiger partial charge in [0.1, 0.15) is 24.6 Å². The quantitative estimate of drug-likeness (QED) is 0.461. The molecule has 1 N–H and O–H groups in total. The number of nitrogens with zero attached hydrogens (tertiary/aromatic N) is 1. The fourth-order valence-corrected chi connectivity index (χ4v) is 3.39. The highest BCUT2D eigenvalue weighted by Gasteiger charge is 2.61. The second-order valence-corrected chi connectivity index (χ2v) is 7.11. The summed E-state index contributed by atoms with van der Waals surface area (Å²) < 4.78 is 41.1. The molecule has 0 amide bonds. The monoisotopic (exact) mass is 467 g/mol. The van der Waals surface area contributed by atoms with Crippen LogP contribution in [0.2, 0.25) is 0 Å². The molecule has 0 saturated carbocycles. The van der Waals surface area contributed by atoms with Crippen LogP contribution < -0.4 is 0 Å². The Kier molecular flexibility index (Phi) is 8.08. The maximum absolute atomic E-state index is 15.1. The van der Waals surface area contributed by atoms with Crippen molar-refractivity contribution in [1.29, 1.82) is 5.26 Å². The van der Waals surface area contributed by atoms with Gasteiger partial charge in [-0.25, -0.2) is 4.39 Å². The molecule has 1 aliphatic rings. The van der Waals surface area contributed by atoms with Crippen LogP contribution in [-0.4, -0.2) is 60.0 Å². The number of esters is 4. The normalized spacial score (nSPS) is 26.5. The van der Waals surface area contributed by atoms with Gasteiger partial charge in [0.2, 0.25) is 11.9 Å². The summed E-state index contributed by atoms with van der Waals surface area (Å²) in [5, 5.41) is 20.7. The lowest BCUT2D eigenvalue weighted by atomic mass is 9.86. The summed E-state index contributed by atoms with van der Waals surface area (Å²) in [6.45, 7) is 3.48. The number of benzene rings is 1. The molecular formula is C21H22FNO10. The van der Waals surface area contributed by atoms with Crippen molar-refractivity contribution in [2.24, 2.45) is 0 Å². The first-order valence-electron chi connectivity index (χ1n) is 9.65. The van der Waals surface area contributed by atoms with Crippen molar-refractivity contribution < 1.29 is 52.4 Å². The van der Waals surface area contributed by atoms with E-state index in [2.05, 4.69) is 0 Å². The second-order valence-electron chi connectivity index (χ2n) is 7.11. The third-order valence-electron chi connectivity index (χ3n) is 4.56. The molecule has 178 valence electrons. The summed E-state index contributed by atoms with van der Waals surface area (Å²) in [6, 6.07) is 5.04. The lowest BCUT2D eigenvalue weighted by Gasteiger charge is -2.48. The fourth-order valence-electron chi connectivity index (χ4n) is 3.39. The van der Waals surface area contributed by atoms with Crippen molar-refractivity contribution in [3.05, 3.63) is 35.1 Å². The molecule has 12 heteroatoms. The molecule has 1 aliphatic heterocycles. The molecule has 2 rings (SSSR count). The number of hydrogen-bond acceptors (Lipinski definition) is 11. The third kappa shape index (κ3) is 5.82. The average Bonchev–Trinajstić information content (AvgIpc) is 2.70. The van der Waals surface area contributed by atoms with Crippen molar-refractivity contribution in [1.82, 2.24) is 0 Å². The van der Waals surface area contributed by atoms with E-state index in [0.29, 0.717) is 0 Å². The number of hydrogen-bond donors (Lipinski definition) is 1. The van der Waals surface area contributed by atoms with Crippen LogP contribution in [0.3, 0.4) is 0 Å². The van der Waals surface area contributed by atoms with Gasteiger partial charge >= 0.3 is 23.9 Å². The first-order chi connectivity index (χ1) is 15.4. The average molecular weight is 467 g/mol. The second kappa shape index (κ2) is 10.4. The molecule has 0 spiro atoms. The van der Waals surface area contributed by atoms with Gasteiger partial charge in [-0.2, -0.15) is 5.26 Å². The Bertz CT molecular complexity index is 990. The first kappa shape index (κ1) is 25.7. The van der Waals surface area contributed by atoms with Gasteiger partial charge in [0.15, 0.2) is 12.2 Å². The summed E-state index contributed by atoms with van der Waals surface area (Å²) in [7, 11) is 0. The fraction of sp³-hybridized carbons (Fsp3) is 0.476. The number of aliphatic hydroxyl groups is 1. The van der Waals surface area contributed by atoms with Crippen molar-refractivity contribution in [2.45, 2.75) is 57.9 Å². The Balaban J connectivity index is 2.73. The first-order valence-corrected chi connectivity index (χ1v) is 9.65. The van der Waals surface area contributed by atoms with Gasteiger partial charge in [-0.15, -0.1) is 0 Å². The number of nitriles is 1. The van der Waals surface area contributed by atoms with Gasteiger partial charge in [-0.1, -0.05) is 12.1 Å². The van der Waals surface area contributed by atoms with E-state index in [4.69, 9.17) is 28.9 Å². The predicted molar refractivity (Wildman–Crippen MR) is 103 cm³/mol. The Morgan fingerprint density at radius 1 is 1.03 bits per heavy atom. The van der Waals surface area contributed by atoms with Gasteiger partial charge in [-0.3, -0.25) is 19.2 Å². The molecule has 0 aliphatic carbocycles. The number of halogens is 1. The predicted octanol–water partition coefficient (Wildman–Crippen LogP) is 0.599. The van der Waals surface area contributed by atoms with E-state index in [1.807, 2.05) is 0 Å². The third-order valence-corrected chi connectivity index (χ3v) is 4.56. The highest BCUT2D eigenvalue weighted by atomic mass is 19.1. The lowest BCUT2D eigenvalue weighted by Crippen LogP contribution is -2.66. The number of ether oxygens (including phenoxy) is 5. The molecule has 1 aromatic rings. The summed E-state index contributed by atoms with van der Waals surface area (Å²) >= 11 is 0. The van der Waals surface area contributed by atoms with Crippen molar-refractivity contribution in [3.63, 3.8) is 0 Å². The molecule has 0 radical (unpaired) electrons. The zero-order valence-electron chi connectivity index (χ0n) is 18.2. The van der Waals surface area contributed by atoms with Gasteiger partial charge < -0.3 is 28.8 Å². The van der Waals surface area contributed by atoms with Crippen LogP contribution >= 0.6 is 0 Å². The smallest absolute Gasteiger partial charge is 0.303 e. The Hall–Kier alpha value is -3.56. The maximum Gasteiger partial charge on any atom is 0.303 e. The highest BCUT2D eigenvalue weighted by molar-refractivity contribution is 5.69. The van der Waals surface area contributed by atoms with E-state index in [0.717, 1.165) is 39.8 Å². The van der Waals surface area contributed by atoms with Crippen molar-refractivity contribution in [3.8, 4) is 6.07 Å². The Morgan fingerprint density at radius 2 is 1.61 bits per heavy atom. The standard InChI is InChI=1S/C21H22FNO10/c1-10(24)29-9-16-18(30-11(2)25)19(31-12(3)26)20(32-13(4)27)21(28,33-16)15-7-5-6-14(8-23)17(15)22/h5-7,16,18-20,28H,9H2,1-4H3/t16-,18-,19+,20-,21?/m1/s1. The molecule has 33 heavy (non-hydrogen) atoms. The molecule has 1 saturated heterocycles. The zero-order valence-corrected chi connectivity index (χ0v) is 18.2. The molecule has 5 atom stereocenters. The minimum Gasteiger partial charge on any atom is -0.463 e. The maximum atomic E-state index is 15.1. The highest BCUT2D eigenvalue weighted by Crippen LogP contribution is 2.42. The van der Waals surface area contributed by atoms with Crippen LogP contribution in [0.15, 0.2) is 18.2 Å². The van der Waals surface area contributed by atoms with Gasteiger partial charge in [0.05, 0.1) is 11.1 Å². The number of carbonyl (C=O) groups excluding carboxylic acids is 4. The largest absolute Gasteiger partial charge is 0.463 e. The molecule has 0 bridgehead atoms. The van der Waals surface area contributed by atoms with Crippen LogP contribution in [0.5, 0.6) is 0 Å². The van der Waals surface area contributed by atoms with Crippen LogP contribution in [0.4, 0.5) is 4.39 Å². The van der Waals surface area contributed by atoms with E-state index < -0.39 is 77.6 Å². The van der Waals surface area contributed by atoms with Crippen LogP contribution in [0.25, 0.3) is 0 Å². The van der Waals surface area contributed by atoms with Crippen LogP contribution in [-0.2, 0) is 48.6 Å². The number of carbonyl (C=O) groups is 4. The van der Waals surface area contributed by atoms with Crippen molar-refractivity contribution >= 4 is 23.9 Å². The van der Waals surface area contributed by atoms with E-state index >= 15 is 4.39 Å². The summed E-state index contributed by atoms with van der Waals surface area (Å²) in [4.78, 5) is 46.8. The molecule has 1 aromatic carbocycles. The lowest BCUT2D eigenvalue weighted by molar-refractivity contribution is -0.360. The molecule has 1 unspecified atom stereocenters. The van der Waals surface area contributed by atoms with Gasteiger partial charge in [0, 0.05) is 27.7 Å². The topological polar surface area (TPSA) is 158 Å². The Morgan fingerprint density at radius 3 is 2.12 bits per heavy atom. The van der Waals surface area contributed by atoms with E-state index in [1.165, 1.54) is 6.07 Å².